The van der Waals surface area contributed by atoms with Crippen molar-refractivity contribution in [3.63, 3.8) is 0 Å². The summed E-state index contributed by atoms with van der Waals surface area (Å²) in [4.78, 5) is 9.14. The number of hydrogen-bond donors (Lipinski definition) is 0. The van der Waals surface area contributed by atoms with Crippen molar-refractivity contribution in [2.75, 3.05) is 0 Å². The molecule has 0 unspecified atom stereocenters. The second-order valence-electron chi connectivity index (χ2n) is 12.9. The number of pyridine rings is 2. The van der Waals surface area contributed by atoms with Crippen LogP contribution in [0.15, 0.2) is 114 Å². The Morgan fingerprint density at radius 2 is 1.57 bits per heavy atom. The minimum absolute atomic E-state index is 0. The molecule has 0 bridgehead atoms. The standard InChI is InChI=1S/C26H19FNO.C15H18GeN.Ir/c1-16(2)17-12-13-28-24(14-17)22-8-5-7-21-20-11-10-18(15-25(20)29-26(21)22)19-6-3-4-9-23(19)27;1-12-10-15(13-8-6-5-7-9-13)17-11-14(12)16(2,3)4;/h3-7,9-16H,1-2H3;5-8,10-11H,1-4H3;/q2*-1;. The molecule has 0 aliphatic heterocycles. The van der Waals surface area contributed by atoms with E-state index < -0.39 is 13.3 Å². The van der Waals surface area contributed by atoms with Gasteiger partial charge in [-0.1, -0.05) is 66.8 Å². The van der Waals surface area contributed by atoms with Crippen LogP contribution in [-0.2, 0) is 20.1 Å². The molecule has 0 saturated heterocycles. The van der Waals surface area contributed by atoms with Crippen molar-refractivity contribution in [1.82, 2.24) is 9.97 Å². The summed E-state index contributed by atoms with van der Waals surface area (Å²) < 4.78 is 22.0. The first-order chi connectivity index (χ1) is 22.1. The van der Waals surface area contributed by atoms with E-state index in [1.54, 1.807) is 12.1 Å². The van der Waals surface area contributed by atoms with Crippen molar-refractivity contribution in [2.24, 2.45) is 0 Å². The molecule has 239 valence electrons. The maximum Gasteiger partial charge on any atom is 0 e. The molecule has 7 aromatic rings. The summed E-state index contributed by atoms with van der Waals surface area (Å²) in [6.45, 7) is 6.52. The fraction of sp³-hybridized carbons (Fsp3) is 0.171. The first kappa shape index (κ1) is 34.4. The molecule has 0 spiro atoms. The number of benzene rings is 4. The summed E-state index contributed by atoms with van der Waals surface area (Å²) in [7, 11) is 0. The van der Waals surface area contributed by atoms with Gasteiger partial charge in [0, 0.05) is 37.3 Å². The fourth-order valence-corrected chi connectivity index (χ4v) is 9.36. The van der Waals surface area contributed by atoms with Gasteiger partial charge in [-0.15, -0.1) is 18.2 Å². The molecule has 3 aromatic heterocycles. The Labute approximate surface area is 293 Å². The van der Waals surface area contributed by atoms with E-state index in [2.05, 4.69) is 84.5 Å². The van der Waals surface area contributed by atoms with Crippen LogP contribution in [-0.4, -0.2) is 23.2 Å². The number of aromatic nitrogens is 2. The normalized spacial score (nSPS) is 11.3. The molecule has 47 heavy (non-hydrogen) atoms. The summed E-state index contributed by atoms with van der Waals surface area (Å²) in [6.07, 6.45) is 3.90. The summed E-state index contributed by atoms with van der Waals surface area (Å²) in [5.41, 5.74) is 9.21. The molecule has 0 fully saturated rings. The van der Waals surface area contributed by atoms with Crippen molar-refractivity contribution in [3.05, 3.63) is 139 Å². The smallest absolute Gasteiger partial charge is 0 e. The second-order valence-corrected chi connectivity index (χ2v) is 23.5. The number of fused-ring (bicyclic) bond motifs is 3. The number of hydrogen-bond acceptors (Lipinski definition) is 3. The molecule has 3 heterocycles. The summed E-state index contributed by atoms with van der Waals surface area (Å²) in [5, 5.41) is 2.00. The number of rotatable bonds is 5. The van der Waals surface area contributed by atoms with Gasteiger partial charge in [-0.3, -0.25) is 0 Å². The Morgan fingerprint density at radius 1 is 0.787 bits per heavy atom. The summed E-state index contributed by atoms with van der Waals surface area (Å²) in [5.74, 6) is 7.37. The van der Waals surface area contributed by atoms with Gasteiger partial charge >= 0.3 is 106 Å². The minimum atomic E-state index is -1.77. The van der Waals surface area contributed by atoms with E-state index in [0.717, 1.165) is 50.0 Å². The topological polar surface area (TPSA) is 38.9 Å². The van der Waals surface area contributed by atoms with Gasteiger partial charge in [0.25, 0.3) is 0 Å². The Bertz CT molecular complexity index is 2150. The van der Waals surface area contributed by atoms with Gasteiger partial charge in [0.2, 0.25) is 0 Å². The third-order valence-electron chi connectivity index (χ3n) is 8.23. The van der Waals surface area contributed by atoms with Gasteiger partial charge in [0.05, 0.1) is 5.58 Å². The van der Waals surface area contributed by atoms with Crippen LogP contribution in [0, 0.1) is 24.9 Å². The second kappa shape index (κ2) is 14.5. The van der Waals surface area contributed by atoms with Crippen molar-refractivity contribution < 1.29 is 28.9 Å². The Morgan fingerprint density at radius 3 is 2.28 bits per heavy atom. The zero-order valence-corrected chi connectivity index (χ0v) is 32.0. The monoisotopic (exact) mass is 859 g/mol. The maximum atomic E-state index is 14.2. The quantitative estimate of drug-likeness (QED) is 0.128. The minimum Gasteiger partial charge on any atom is 0 e. The van der Waals surface area contributed by atoms with Gasteiger partial charge in [-0.2, -0.15) is 0 Å². The largest absolute Gasteiger partial charge is 0 e. The summed E-state index contributed by atoms with van der Waals surface area (Å²) >= 11 is -1.77. The van der Waals surface area contributed by atoms with Gasteiger partial charge < -0.3 is 9.40 Å². The Kier molecular flexibility index (Phi) is 10.6. The van der Waals surface area contributed by atoms with Crippen LogP contribution < -0.4 is 4.40 Å². The molecule has 1 radical (unpaired) electrons. The Balaban J connectivity index is 0.000000207. The van der Waals surface area contributed by atoms with Crippen LogP contribution in [0.3, 0.4) is 0 Å². The van der Waals surface area contributed by atoms with Crippen LogP contribution >= 0.6 is 0 Å². The predicted molar refractivity (Wildman–Crippen MR) is 191 cm³/mol. The van der Waals surface area contributed by atoms with Gasteiger partial charge in [-0.25, -0.2) is 4.39 Å². The number of furan rings is 1. The molecule has 7 rings (SSSR count). The zero-order chi connectivity index (χ0) is 32.4. The molecule has 0 atom stereocenters. The molecular weight excluding hydrogens is 820 g/mol. The molecule has 0 aliphatic rings. The molecule has 0 N–H and O–H groups in total. The van der Waals surface area contributed by atoms with Gasteiger partial charge in [0.1, 0.15) is 11.4 Å². The molecule has 6 heteroatoms. The Hall–Kier alpha value is -3.90. The van der Waals surface area contributed by atoms with Crippen LogP contribution in [0.25, 0.3) is 55.6 Å². The molecule has 3 nitrogen and oxygen atoms in total. The first-order valence-electron chi connectivity index (χ1n) is 15.6. The zero-order valence-electron chi connectivity index (χ0n) is 27.5. The van der Waals surface area contributed by atoms with E-state index in [0.29, 0.717) is 11.5 Å². The van der Waals surface area contributed by atoms with E-state index >= 15 is 0 Å². The van der Waals surface area contributed by atoms with E-state index in [1.807, 2.05) is 66.9 Å². The van der Waals surface area contributed by atoms with Gasteiger partial charge in [0.15, 0.2) is 0 Å². The van der Waals surface area contributed by atoms with Crippen molar-refractivity contribution in [1.29, 1.82) is 0 Å². The average molecular weight is 858 g/mol. The van der Waals surface area contributed by atoms with Crippen LogP contribution in [0.4, 0.5) is 4.39 Å². The predicted octanol–water partition coefficient (Wildman–Crippen LogP) is 10.8. The molecule has 0 aliphatic carbocycles. The molecule has 0 saturated carbocycles. The van der Waals surface area contributed by atoms with Crippen LogP contribution in [0.1, 0.15) is 30.9 Å². The number of aryl methyl sites for hydroxylation is 1. The van der Waals surface area contributed by atoms with Crippen LogP contribution in [0.2, 0.25) is 17.3 Å². The van der Waals surface area contributed by atoms with Crippen molar-refractivity contribution in [3.8, 4) is 33.6 Å². The van der Waals surface area contributed by atoms with E-state index in [9.17, 15) is 4.39 Å². The third kappa shape index (κ3) is 7.49. The number of halogens is 1. The average Bonchev–Trinajstić information content (AvgIpc) is 3.43. The fourth-order valence-electron chi connectivity index (χ4n) is 5.78. The van der Waals surface area contributed by atoms with E-state index in [4.69, 9.17) is 4.42 Å². The number of nitrogens with zero attached hydrogens (tertiary/aromatic N) is 2. The van der Waals surface area contributed by atoms with Crippen LogP contribution in [0.5, 0.6) is 0 Å². The summed E-state index contributed by atoms with van der Waals surface area (Å²) in [6, 6.07) is 37.3. The molecular formula is C41H37FGeIrN2O-2. The first-order valence-corrected chi connectivity index (χ1v) is 23.0. The van der Waals surface area contributed by atoms with Crippen molar-refractivity contribution in [2.45, 2.75) is 44.0 Å². The molecule has 0 amide bonds. The van der Waals surface area contributed by atoms with E-state index in [1.165, 1.54) is 21.6 Å². The van der Waals surface area contributed by atoms with E-state index in [-0.39, 0.29) is 25.9 Å². The van der Waals surface area contributed by atoms with Crippen molar-refractivity contribution >= 4 is 39.6 Å². The third-order valence-corrected chi connectivity index (χ3v) is 12.7. The SMILES string of the molecule is CC(C)c1ccnc(-c2[c-]ccc3c2oc2cc(-c4ccccc4F)ccc23)c1.Cc1cc(-c2[c-]cccc2)nc[c]1[Ge]([CH3])([CH3])[CH3].[Ir]. The van der Waals surface area contributed by atoms with Gasteiger partial charge in [-0.05, 0) is 35.4 Å². The molecule has 4 aromatic carbocycles. The maximum absolute atomic E-state index is 14.2.